The lowest BCUT2D eigenvalue weighted by Crippen LogP contribution is -2.54. The van der Waals surface area contributed by atoms with Crippen LogP contribution in [0.15, 0.2) is 0 Å². The number of rotatable bonds is 5. The number of ether oxygens (including phenoxy) is 1. The van der Waals surface area contributed by atoms with Gasteiger partial charge in [0.25, 0.3) is 0 Å². The summed E-state index contributed by atoms with van der Waals surface area (Å²) in [6.45, 7) is 10.4. The molecule has 0 amide bonds. The van der Waals surface area contributed by atoms with E-state index in [0.717, 1.165) is 12.5 Å². The van der Waals surface area contributed by atoms with E-state index >= 15 is 0 Å². The van der Waals surface area contributed by atoms with Crippen molar-refractivity contribution < 1.29 is 4.74 Å². The summed E-state index contributed by atoms with van der Waals surface area (Å²) in [7, 11) is 0. The molecule has 0 aromatic rings. The fourth-order valence-electron chi connectivity index (χ4n) is 4.34. The molecule has 2 fully saturated rings. The van der Waals surface area contributed by atoms with Gasteiger partial charge in [0.05, 0.1) is 12.2 Å². The highest BCUT2D eigenvalue weighted by Gasteiger charge is 2.40. The normalized spacial score (nSPS) is 37.8. The van der Waals surface area contributed by atoms with Gasteiger partial charge in [-0.25, -0.2) is 0 Å². The van der Waals surface area contributed by atoms with Gasteiger partial charge in [-0.3, -0.25) is 0 Å². The van der Waals surface area contributed by atoms with Crippen LogP contribution >= 0.6 is 0 Å². The lowest BCUT2D eigenvalue weighted by atomic mass is 9.71. The average Bonchev–Trinajstić information content (AvgIpc) is 2.43. The van der Waals surface area contributed by atoms with Crippen LogP contribution in [-0.4, -0.2) is 24.8 Å². The first-order chi connectivity index (χ1) is 9.56. The van der Waals surface area contributed by atoms with Crippen molar-refractivity contribution >= 4 is 0 Å². The van der Waals surface area contributed by atoms with Gasteiger partial charge in [0.2, 0.25) is 0 Å². The Bertz CT molecular complexity index is 289. The first kappa shape index (κ1) is 16.3. The highest BCUT2D eigenvalue weighted by molar-refractivity contribution is 4.95. The van der Waals surface area contributed by atoms with Crippen LogP contribution in [0.5, 0.6) is 0 Å². The molecule has 2 nitrogen and oxygen atoms in total. The Labute approximate surface area is 126 Å². The molecule has 20 heavy (non-hydrogen) atoms. The number of nitrogens with one attached hydrogen (secondary N) is 1. The topological polar surface area (TPSA) is 21.3 Å². The SMILES string of the molecule is CCNC1C(OC2CCCC(CC)C2)CCCC1(C)C. The molecule has 2 aliphatic rings. The third-order valence-electron chi connectivity index (χ3n) is 5.63. The molecule has 0 spiro atoms. The summed E-state index contributed by atoms with van der Waals surface area (Å²) in [5, 5.41) is 3.71. The second kappa shape index (κ2) is 7.26. The highest BCUT2D eigenvalue weighted by atomic mass is 16.5. The molecule has 0 bridgehead atoms. The first-order valence-corrected chi connectivity index (χ1v) is 8.95. The molecule has 1 N–H and O–H groups in total. The van der Waals surface area contributed by atoms with Crippen molar-refractivity contribution in [2.24, 2.45) is 11.3 Å². The molecule has 0 aliphatic heterocycles. The summed E-state index contributed by atoms with van der Waals surface area (Å²) in [5.41, 5.74) is 0.373. The van der Waals surface area contributed by atoms with Crippen LogP contribution in [0.3, 0.4) is 0 Å². The van der Waals surface area contributed by atoms with Crippen molar-refractivity contribution in [2.75, 3.05) is 6.54 Å². The summed E-state index contributed by atoms with van der Waals surface area (Å²) < 4.78 is 6.60. The van der Waals surface area contributed by atoms with Gasteiger partial charge in [-0.15, -0.1) is 0 Å². The molecule has 0 heterocycles. The summed E-state index contributed by atoms with van der Waals surface area (Å²) in [4.78, 5) is 0. The first-order valence-electron chi connectivity index (χ1n) is 8.95. The second-order valence-electron chi connectivity index (χ2n) is 7.65. The molecule has 118 valence electrons. The van der Waals surface area contributed by atoms with Crippen molar-refractivity contribution in [3.63, 3.8) is 0 Å². The molecule has 4 atom stereocenters. The maximum absolute atomic E-state index is 6.60. The zero-order valence-electron chi connectivity index (χ0n) is 14.1. The van der Waals surface area contributed by atoms with Crippen LogP contribution in [0.4, 0.5) is 0 Å². The van der Waals surface area contributed by atoms with E-state index in [-0.39, 0.29) is 0 Å². The van der Waals surface area contributed by atoms with Gasteiger partial charge < -0.3 is 10.1 Å². The average molecular weight is 281 g/mol. The number of hydrogen-bond acceptors (Lipinski definition) is 2. The number of hydrogen-bond donors (Lipinski definition) is 1. The van der Waals surface area contributed by atoms with E-state index in [0.29, 0.717) is 23.7 Å². The second-order valence-corrected chi connectivity index (χ2v) is 7.65. The van der Waals surface area contributed by atoms with E-state index in [1.165, 1.54) is 51.4 Å². The molecule has 2 saturated carbocycles. The minimum absolute atomic E-state index is 0.373. The Kier molecular flexibility index (Phi) is 5.92. The Morgan fingerprint density at radius 2 is 1.90 bits per heavy atom. The van der Waals surface area contributed by atoms with Crippen LogP contribution in [0.1, 0.15) is 79.1 Å². The van der Waals surface area contributed by atoms with Gasteiger partial charge in [0, 0.05) is 6.04 Å². The van der Waals surface area contributed by atoms with Crippen LogP contribution in [0.25, 0.3) is 0 Å². The van der Waals surface area contributed by atoms with Gasteiger partial charge in [0.15, 0.2) is 0 Å². The van der Waals surface area contributed by atoms with Crippen LogP contribution in [0, 0.1) is 11.3 Å². The zero-order valence-corrected chi connectivity index (χ0v) is 14.1. The summed E-state index contributed by atoms with van der Waals surface area (Å²) in [6.07, 6.45) is 11.5. The molecular formula is C18H35NO. The maximum atomic E-state index is 6.60. The lowest BCUT2D eigenvalue weighted by molar-refractivity contribution is -0.0927. The van der Waals surface area contributed by atoms with E-state index in [1.807, 2.05) is 0 Å². The van der Waals surface area contributed by atoms with Gasteiger partial charge in [-0.1, -0.05) is 53.4 Å². The molecule has 2 rings (SSSR count). The smallest absolute Gasteiger partial charge is 0.0737 e. The Morgan fingerprint density at radius 3 is 2.60 bits per heavy atom. The third kappa shape index (κ3) is 3.98. The minimum atomic E-state index is 0.373. The van der Waals surface area contributed by atoms with E-state index < -0.39 is 0 Å². The minimum Gasteiger partial charge on any atom is -0.373 e. The number of likely N-dealkylation sites (N-methyl/N-ethyl adjacent to an activating group) is 1. The molecular weight excluding hydrogens is 246 g/mol. The summed E-state index contributed by atoms with van der Waals surface area (Å²) in [5.74, 6) is 0.905. The highest BCUT2D eigenvalue weighted by Crippen LogP contribution is 2.39. The summed E-state index contributed by atoms with van der Waals surface area (Å²) in [6, 6.07) is 0.531. The molecule has 4 unspecified atom stereocenters. The Hall–Kier alpha value is -0.0800. The monoisotopic (exact) mass is 281 g/mol. The molecule has 0 saturated heterocycles. The predicted molar refractivity (Wildman–Crippen MR) is 86.0 cm³/mol. The Morgan fingerprint density at radius 1 is 1.10 bits per heavy atom. The standard InChI is InChI=1S/C18H35NO/c1-5-14-9-7-10-15(13-14)20-16-11-8-12-18(3,4)17(16)19-6-2/h14-17,19H,5-13H2,1-4H3. The van der Waals surface area contributed by atoms with E-state index in [1.54, 1.807) is 0 Å². The van der Waals surface area contributed by atoms with Crippen molar-refractivity contribution in [2.45, 2.75) is 97.3 Å². The summed E-state index contributed by atoms with van der Waals surface area (Å²) >= 11 is 0. The van der Waals surface area contributed by atoms with Crippen molar-refractivity contribution in [1.82, 2.24) is 5.32 Å². The fraction of sp³-hybridized carbons (Fsp3) is 1.00. The largest absolute Gasteiger partial charge is 0.373 e. The van der Waals surface area contributed by atoms with Crippen LogP contribution < -0.4 is 5.32 Å². The quantitative estimate of drug-likeness (QED) is 0.799. The van der Waals surface area contributed by atoms with E-state index in [2.05, 4.69) is 33.0 Å². The fourth-order valence-corrected chi connectivity index (χ4v) is 4.34. The predicted octanol–water partition coefficient (Wildman–Crippen LogP) is 4.53. The van der Waals surface area contributed by atoms with Crippen molar-refractivity contribution in [3.8, 4) is 0 Å². The van der Waals surface area contributed by atoms with E-state index in [9.17, 15) is 0 Å². The lowest BCUT2D eigenvalue weighted by Gasteiger charge is -2.46. The van der Waals surface area contributed by atoms with Crippen LogP contribution in [0.2, 0.25) is 0 Å². The third-order valence-corrected chi connectivity index (χ3v) is 5.63. The van der Waals surface area contributed by atoms with Crippen molar-refractivity contribution in [1.29, 1.82) is 0 Å². The van der Waals surface area contributed by atoms with Crippen LogP contribution in [-0.2, 0) is 4.74 Å². The van der Waals surface area contributed by atoms with Crippen molar-refractivity contribution in [3.05, 3.63) is 0 Å². The zero-order chi connectivity index (χ0) is 14.6. The maximum Gasteiger partial charge on any atom is 0.0737 e. The Balaban J connectivity index is 1.95. The van der Waals surface area contributed by atoms with Gasteiger partial charge in [-0.2, -0.15) is 0 Å². The van der Waals surface area contributed by atoms with Gasteiger partial charge in [0.1, 0.15) is 0 Å². The van der Waals surface area contributed by atoms with Gasteiger partial charge in [-0.05, 0) is 43.6 Å². The molecule has 0 aromatic heterocycles. The van der Waals surface area contributed by atoms with E-state index in [4.69, 9.17) is 4.74 Å². The molecule has 2 heteroatoms. The molecule has 0 radical (unpaired) electrons. The molecule has 2 aliphatic carbocycles. The molecule has 0 aromatic carbocycles. The van der Waals surface area contributed by atoms with Gasteiger partial charge >= 0.3 is 0 Å².